The second kappa shape index (κ2) is 5.23. The predicted octanol–water partition coefficient (Wildman–Crippen LogP) is 2.65. The SMILES string of the molecule is C#CCCOc1cc(Cl)ccc1[N+](=O)[O-]. The van der Waals surface area contributed by atoms with Crippen molar-refractivity contribution in [2.75, 3.05) is 6.61 Å². The van der Waals surface area contributed by atoms with Gasteiger partial charge in [0, 0.05) is 23.6 Å². The third-order valence-corrected chi connectivity index (χ3v) is 1.86. The first-order valence-electron chi connectivity index (χ1n) is 4.15. The van der Waals surface area contributed by atoms with Crippen LogP contribution in [0.15, 0.2) is 18.2 Å². The first-order valence-corrected chi connectivity index (χ1v) is 4.53. The van der Waals surface area contributed by atoms with E-state index in [2.05, 4.69) is 5.92 Å². The van der Waals surface area contributed by atoms with E-state index in [4.69, 9.17) is 22.8 Å². The molecule has 0 heterocycles. The van der Waals surface area contributed by atoms with Crippen molar-refractivity contribution in [3.63, 3.8) is 0 Å². The molecule has 0 aliphatic heterocycles. The lowest BCUT2D eigenvalue weighted by Gasteiger charge is -2.04. The summed E-state index contributed by atoms with van der Waals surface area (Å²) in [5, 5.41) is 11.0. The van der Waals surface area contributed by atoms with Crippen LogP contribution in [0.2, 0.25) is 5.02 Å². The standard InChI is InChI=1S/C10H8ClNO3/c1-2-3-6-15-10-7-8(11)4-5-9(10)12(13)14/h1,4-5,7H,3,6H2. The molecule has 0 N–H and O–H groups in total. The highest BCUT2D eigenvalue weighted by molar-refractivity contribution is 6.30. The van der Waals surface area contributed by atoms with Gasteiger partial charge in [-0.2, -0.15) is 0 Å². The molecular weight excluding hydrogens is 218 g/mol. The Morgan fingerprint density at radius 1 is 1.60 bits per heavy atom. The molecule has 0 saturated carbocycles. The molecule has 0 fully saturated rings. The minimum Gasteiger partial charge on any atom is -0.486 e. The van der Waals surface area contributed by atoms with Crippen molar-refractivity contribution in [1.29, 1.82) is 0 Å². The van der Waals surface area contributed by atoms with Crippen LogP contribution in [0.1, 0.15) is 6.42 Å². The smallest absolute Gasteiger partial charge is 0.311 e. The lowest BCUT2D eigenvalue weighted by molar-refractivity contribution is -0.385. The molecule has 1 aromatic carbocycles. The summed E-state index contributed by atoms with van der Waals surface area (Å²) in [6.07, 6.45) is 5.42. The van der Waals surface area contributed by atoms with E-state index >= 15 is 0 Å². The molecular formula is C10H8ClNO3. The molecule has 0 aliphatic carbocycles. The Morgan fingerprint density at radius 2 is 2.33 bits per heavy atom. The number of hydrogen-bond donors (Lipinski definition) is 0. The van der Waals surface area contributed by atoms with Gasteiger partial charge >= 0.3 is 5.69 Å². The van der Waals surface area contributed by atoms with Gasteiger partial charge in [0.1, 0.15) is 0 Å². The Kier molecular flexibility index (Phi) is 3.95. The number of rotatable bonds is 4. The average Bonchev–Trinajstić information content (AvgIpc) is 2.18. The molecule has 5 heteroatoms. The largest absolute Gasteiger partial charge is 0.486 e. The molecule has 78 valence electrons. The van der Waals surface area contributed by atoms with E-state index in [1.54, 1.807) is 0 Å². The monoisotopic (exact) mass is 225 g/mol. The van der Waals surface area contributed by atoms with Gasteiger partial charge in [-0.05, 0) is 6.07 Å². The summed E-state index contributed by atoms with van der Waals surface area (Å²) >= 11 is 5.69. The maximum absolute atomic E-state index is 10.6. The van der Waals surface area contributed by atoms with Crippen molar-refractivity contribution < 1.29 is 9.66 Å². The van der Waals surface area contributed by atoms with Gasteiger partial charge in [0.2, 0.25) is 0 Å². The van der Waals surface area contributed by atoms with Gasteiger partial charge in [-0.3, -0.25) is 10.1 Å². The molecule has 1 aromatic rings. The van der Waals surface area contributed by atoms with E-state index in [0.717, 1.165) is 0 Å². The Hall–Kier alpha value is -1.73. The summed E-state index contributed by atoms with van der Waals surface area (Å²) < 4.78 is 5.15. The minimum absolute atomic E-state index is 0.114. The highest BCUT2D eigenvalue weighted by Gasteiger charge is 2.14. The van der Waals surface area contributed by atoms with E-state index in [9.17, 15) is 10.1 Å². The average molecular weight is 226 g/mol. The first kappa shape index (κ1) is 11.3. The van der Waals surface area contributed by atoms with E-state index in [1.165, 1.54) is 18.2 Å². The summed E-state index contributed by atoms with van der Waals surface area (Å²) in [4.78, 5) is 10.1. The summed E-state index contributed by atoms with van der Waals surface area (Å²) in [6.45, 7) is 0.234. The van der Waals surface area contributed by atoms with Crippen molar-refractivity contribution in [1.82, 2.24) is 0 Å². The summed E-state index contributed by atoms with van der Waals surface area (Å²) in [6, 6.07) is 4.14. The number of nitro groups is 1. The zero-order chi connectivity index (χ0) is 11.3. The maximum Gasteiger partial charge on any atom is 0.311 e. The number of benzene rings is 1. The van der Waals surface area contributed by atoms with Crippen molar-refractivity contribution in [2.45, 2.75) is 6.42 Å². The van der Waals surface area contributed by atoms with Gasteiger partial charge in [-0.15, -0.1) is 12.3 Å². The van der Waals surface area contributed by atoms with Crippen LogP contribution in [0.4, 0.5) is 5.69 Å². The second-order valence-corrected chi connectivity index (χ2v) is 3.11. The molecule has 0 bridgehead atoms. The Balaban J connectivity index is 2.88. The van der Waals surface area contributed by atoms with Crippen LogP contribution < -0.4 is 4.74 Å². The molecule has 1 rings (SSSR count). The zero-order valence-corrected chi connectivity index (χ0v) is 8.53. The van der Waals surface area contributed by atoms with Crippen LogP contribution in [-0.2, 0) is 0 Å². The molecule has 15 heavy (non-hydrogen) atoms. The van der Waals surface area contributed by atoms with E-state index in [0.29, 0.717) is 11.4 Å². The fourth-order valence-corrected chi connectivity index (χ4v) is 1.14. The van der Waals surface area contributed by atoms with E-state index < -0.39 is 4.92 Å². The Labute approximate surface area is 92.0 Å². The lowest BCUT2D eigenvalue weighted by Crippen LogP contribution is -1.99. The fraction of sp³-hybridized carbons (Fsp3) is 0.200. The molecule has 0 aliphatic rings. The molecule has 4 nitrogen and oxygen atoms in total. The Morgan fingerprint density at radius 3 is 2.93 bits per heavy atom. The van der Waals surface area contributed by atoms with Crippen molar-refractivity contribution in [3.8, 4) is 18.1 Å². The number of halogens is 1. The number of hydrogen-bond acceptors (Lipinski definition) is 3. The molecule has 0 spiro atoms. The van der Waals surface area contributed by atoms with Gasteiger partial charge in [-0.25, -0.2) is 0 Å². The van der Waals surface area contributed by atoms with Crippen molar-refractivity contribution in [3.05, 3.63) is 33.3 Å². The van der Waals surface area contributed by atoms with E-state index in [-0.39, 0.29) is 18.0 Å². The van der Waals surface area contributed by atoms with Gasteiger partial charge in [-0.1, -0.05) is 11.6 Å². The van der Waals surface area contributed by atoms with Gasteiger partial charge < -0.3 is 4.74 Å². The molecule has 0 amide bonds. The molecule has 0 atom stereocenters. The highest BCUT2D eigenvalue weighted by atomic mass is 35.5. The van der Waals surface area contributed by atoms with E-state index in [1.807, 2.05) is 0 Å². The third-order valence-electron chi connectivity index (χ3n) is 1.62. The van der Waals surface area contributed by atoms with Crippen molar-refractivity contribution >= 4 is 17.3 Å². The second-order valence-electron chi connectivity index (χ2n) is 2.67. The van der Waals surface area contributed by atoms with Crippen LogP contribution >= 0.6 is 11.6 Å². The number of ether oxygens (including phenoxy) is 1. The number of terminal acetylenes is 1. The number of nitro benzene ring substituents is 1. The highest BCUT2D eigenvalue weighted by Crippen LogP contribution is 2.29. The third kappa shape index (κ3) is 3.15. The maximum atomic E-state index is 10.6. The quantitative estimate of drug-likeness (QED) is 0.343. The van der Waals surface area contributed by atoms with Crippen molar-refractivity contribution in [2.24, 2.45) is 0 Å². The van der Waals surface area contributed by atoms with Gasteiger partial charge in [0.15, 0.2) is 5.75 Å². The minimum atomic E-state index is -0.526. The summed E-state index contributed by atoms with van der Waals surface area (Å²) in [7, 11) is 0. The lowest BCUT2D eigenvalue weighted by atomic mass is 10.3. The van der Waals surface area contributed by atoms with Gasteiger partial charge in [0.25, 0.3) is 0 Å². The van der Waals surface area contributed by atoms with Crippen LogP contribution in [0.25, 0.3) is 0 Å². The van der Waals surface area contributed by atoms with Crippen LogP contribution in [0, 0.1) is 22.5 Å². The summed E-state index contributed by atoms with van der Waals surface area (Å²) in [5.41, 5.74) is -0.114. The van der Waals surface area contributed by atoms with Gasteiger partial charge in [0.05, 0.1) is 11.5 Å². The Bertz CT molecular complexity index is 412. The molecule has 0 radical (unpaired) electrons. The topological polar surface area (TPSA) is 52.4 Å². The molecule has 0 saturated heterocycles. The zero-order valence-electron chi connectivity index (χ0n) is 7.77. The summed E-state index contributed by atoms with van der Waals surface area (Å²) in [5.74, 6) is 2.51. The van der Waals surface area contributed by atoms with Crippen LogP contribution in [0.5, 0.6) is 5.75 Å². The molecule has 0 aromatic heterocycles. The fourth-order valence-electron chi connectivity index (χ4n) is 0.974. The van der Waals surface area contributed by atoms with Crippen LogP contribution in [-0.4, -0.2) is 11.5 Å². The van der Waals surface area contributed by atoms with Crippen LogP contribution in [0.3, 0.4) is 0 Å². The normalized spacial score (nSPS) is 9.33. The predicted molar refractivity (Wildman–Crippen MR) is 57.1 cm³/mol. The molecule has 0 unspecified atom stereocenters. The first-order chi connectivity index (χ1) is 7.15. The number of nitrogens with zero attached hydrogens (tertiary/aromatic N) is 1.